The molecule has 1 aromatic rings. The van der Waals surface area contributed by atoms with Gasteiger partial charge in [-0.15, -0.1) is 0 Å². The summed E-state index contributed by atoms with van der Waals surface area (Å²) >= 11 is 0. The molecule has 0 saturated heterocycles. The van der Waals surface area contributed by atoms with Gasteiger partial charge >= 0.3 is 0 Å². The minimum absolute atomic E-state index is 0.341. The minimum atomic E-state index is 0.341. The van der Waals surface area contributed by atoms with Crippen LogP contribution in [0, 0.1) is 13.8 Å². The maximum atomic E-state index is 6.15. The number of ether oxygens (including phenoxy) is 1. The fourth-order valence-corrected chi connectivity index (χ4v) is 2.50. The molecule has 0 aromatic heterocycles. The van der Waals surface area contributed by atoms with Gasteiger partial charge < -0.3 is 10.1 Å². The molecule has 1 aromatic carbocycles. The van der Waals surface area contributed by atoms with Gasteiger partial charge in [0.1, 0.15) is 5.75 Å². The predicted molar refractivity (Wildman–Crippen MR) is 80.8 cm³/mol. The summed E-state index contributed by atoms with van der Waals surface area (Å²) in [5, 5.41) is 3.57. The second kappa shape index (κ2) is 6.42. The first-order valence-electron chi connectivity index (χ1n) is 7.64. The van der Waals surface area contributed by atoms with Crippen molar-refractivity contribution >= 4 is 0 Å². The quantitative estimate of drug-likeness (QED) is 0.797. The highest BCUT2D eigenvalue weighted by atomic mass is 16.5. The van der Waals surface area contributed by atoms with Gasteiger partial charge in [0.2, 0.25) is 0 Å². The Labute approximate surface area is 117 Å². The molecule has 1 N–H and O–H groups in total. The third kappa shape index (κ3) is 3.97. The molecule has 1 aliphatic carbocycles. The molecule has 2 nitrogen and oxygen atoms in total. The van der Waals surface area contributed by atoms with Crippen LogP contribution in [0.4, 0.5) is 0 Å². The van der Waals surface area contributed by atoms with E-state index in [2.05, 4.69) is 45.1 Å². The van der Waals surface area contributed by atoms with Crippen molar-refractivity contribution < 1.29 is 4.74 Å². The summed E-state index contributed by atoms with van der Waals surface area (Å²) in [4.78, 5) is 0. The lowest BCUT2D eigenvalue weighted by atomic mass is 10.0. The number of aryl methyl sites for hydroxylation is 2. The smallest absolute Gasteiger partial charge is 0.125 e. The molecule has 0 radical (unpaired) electrons. The highest BCUT2D eigenvalue weighted by Crippen LogP contribution is 2.27. The summed E-state index contributed by atoms with van der Waals surface area (Å²) in [7, 11) is 0. The number of nitrogens with one attached hydrogen (secondary N) is 1. The van der Waals surface area contributed by atoms with E-state index in [0.717, 1.165) is 31.2 Å². The van der Waals surface area contributed by atoms with Gasteiger partial charge in [-0.1, -0.05) is 26.0 Å². The van der Waals surface area contributed by atoms with Crippen LogP contribution in [0.15, 0.2) is 12.1 Å². The van der Waals surface area contributed by atoms with Crippen LogP contribution < -0.4 is 10.1 Å². The number of benzene rings is 1. The van der Waals surface area contributed by atoms with Crippen molar-refractivity contribution in [3.8, 4) is 5.75 Å². The lowest BCUT2D eigenvalue weighted by Crippen LogP contribution is -2.17. The zero-order chi connectivity index (χ0) is 13.8. The maximum absolute atomic E-state index is 6.15. The number of rotatable bonds is 7. The van der Waals surface area contributed by atoms with Gasteiger partial charge in [-0.3, -0.25) is 0 Å². The Morgan fingerprint density at radius 3 is 2.21 bits per heavy atom. The van der Waals surface area contributed by atoms with Crippen LogP contribution in [-0.2, 0) is 6.54 Å². The van der Waals surface area contributed by atoms with E-state index in [-0.39, 0.29) is 0 Å². The van der Waals surface area contributed by atoms with Crippen molar-refractivity contribution in [2.45, 2.75) is 72.1 Å². The van der Waals surface area contributed by atoms with E-state index in [1.165, 1.54) is 29.5 Å². The predicted octanol–water partition coefficient (Wildman–Crippen LogP) is 4.12. The molecule has 0 aliphatic heterocycles. The highest BCUT2D eigenvalue weighted by Gasteiger charge is 2.20. The standard InChI is InChI=1S/C17H27NO/c1-5-16(6-2)19-17-12(3)9-14(10-13(17)4)11-18-15-7-8-15/h9-10,15-16,18H,5-8,11H2,1-4H3. The van der Waals surface area contributed by atoms with Crippen molar-refractivity contribution in [1.29, 1.82) is 0 Å². The zero-order valence-corrected chi connectivity index (χ0v) is 12.8. The summed E-state index contributed by atoms with van der Waals surface area (Å²) in [6, 6.07) is 5.29. The first kappa shape index (κ1) is 14.4. The molecule has 0 bridgehead atoms. The molecule has 2 rings (SSSR count). The van der Waals surface area contributed by atoms with E-state index in [4.69, 9.17) is 4.74 Å². The first-order chi connectivity index (χ1) is 9.13. The van der Waals surface area contributed by atoms with Crippen LogP contribution in [0.25, 0.3) is 0 Å². The molecular formula is C17H27NO. The van der Waals surface area contributed by atoms with Gasteiger partial charge in [0.25, 0.3) is 0 Å². The Hall–Kier alpha value is -1.02. The molecule has 1 aliphatic rings. The fraction of sp³-hybridized carbons (Fsp3) is 0.647. The van der Waals surface area contributed by atoms with Crippen LogP contribution in [0.5, 0.6) is 5.75 Å². The van der Waals surface area contributed by atoms with Gasteiger partial charge in [-0.25, -0.2) is 0 Å². The average molecular weight is 261 g/mol. The molecule has 1 fully saturated rings. The Balaban J connectivity index is 2.06. The molecule has 0 spiro atoms. The second-order valence-corrected chi connectivity index (χ2v) is 5.77. The lowest BCUT2D eigenvalue weighted by molar-refractivity contribution is 0.190. The summed E-state index contributed by atoms with van der Waals surface area (Å²) in [6.45, 7) is 9.67. The highest BCUT2D eigenvalue weighted by molar-refractivity contribution is 5.43. The van der Waals surface area contributed by atoms with E-state index in [0.29, 0.717) is 6.10 Å². The molecule has 0 amide bonds. The molecule has 19 heavy (non-hydrogen) atoms. The second-order valence-electron chi connectivity index (χ2n) is 5.77. The van der Waals surface area contributed by atoms with E-state index in [1.807, 2.05) is 0 Å². The van der Waals surface area contributed by atoms with Crippen LogP contribution >= 0.6 is 0 Å². The van der Waals surface area contributed by atoms with E-state index < -0.39 is 0 Å². The summed E-state index contributed by atoms with van der Waals surface area (Å²) in [6.07, 6.45) is 5.16. The maximum Gasteiger partial charge on any atom is 0.125 e. The molecule has 106 valence electrons. The zero-order valence-electron chi connectivity index (χ0n) is 12.8. The van der Waals surface area contributed by atoms with E-state index >= 15 is 0 Å². The minimum Gasteiger partial charge on any atom is -0.490 e. The molecule has 0 unspecified atom stereocenters. The van der Waals surface area contributed by atoms with Gasteiger partial charge in [0.15, 0.2) is 0 Å². The molecule has 2 heteroatoms. The normalized spacial score (nSPS) is 15.0. The number of hydrogen-bond donors (Lipinski definition) is 1. The van der Waals surface area contributed by atoms with Crippen molar-refractivity contribution in [2.24, 2.45) is 0 Å². The lowest BCUT2D eigenvalue weighted by Gasteiger charge is -2.20. The average Bonchev–Trinajstić information content (AvgIpc) is 3.20. The van der Waals surface area contributed by atoms with Crippen LogP contribution in [-0.4, -0.2) is 12.1 Å². The third-order valence-corrected chi connectivity index (χ3v) is 3.89. The Morgan fingerprint density at radius 1 is 1.16 bits per heavy atom. The first-order valence-corrected chi connectivity index (χ1v) is 7.64. The van der Waals surface area contributed by atoms with Gasteiger partial charge in [0, 0.05) is 12.6 Å². The van der Waals surface area contributed by atoms with Crippen molar-refractivity contribution in [3.63, 3.8) is 0 Å². The van der Waals surface area contributed by atoms with Crippen LogP contribution in [0.3, 0.4) is 0 Å². The van der Waals surface area contributed by atoms with Crippen molar-refractivity contribution in [3.05, 3.63) is 28.8 Å². The van der Waals surface area contributed by atoms with Crippen LogP contribution in [0.1, 0.15) is 56.2 Å². The largest absolute Gasteiger partial charge is 0.490 e. The summed E-state index contributed by atoms with van der Waals surface area (Å²) in [5.41, 5.74) is 3.90. The van der Waals surface area contributed by atoms with E-state index in [1.54, 1.807) is 0 Å². The van der Waals surface area contributed by atoms with Gasteiger partial charge in [-0.05, 0) is 56.2 Å². The summed E-state index contributed by atoms with van der Waals surface area (Å²) < 4.78 is 6.15. The Morgan fingerprint density at radius 2 is 1.74 bits per heavy atom. The Bertz CT molecular complexity index is 396. The summed E-state index contributed by atoms with van der Waals surface area (Å²) in [5.74, 6) is 1.09. The molecule has 0 heterocycles. The van der Waals surface area contributed by atoms with Crippen LogP contribution in [0.2, 0.25) is 0 Å². The SMILES string of the molecule is CCC(CC)Oc1c(C)cc(CNC2CC2)cc1C. The third-order valence-electron chi connectivity index (χ3n) is 3.89. The van der Waals surface area contributed by atoms with Gasteiger partial charge in [-0.2, -0.15) is 0 Å². The monoisotopic (exact) mass is 261 g/mol. The fourth-order valence-electron chi connectivity index (χ4n) is 2.50. The van der Waals surface area contributed by atoms with Crippen molar-refractivity contribution in [1.82, 2.24) is 5.32 Å². The number of hydrogen-bond acceptors (Lipinski definition) is 2. The topological polar surface area (TPSA) is 21.3 Å². The molecule has 0 atom stereocenters. The Kier molecular flexibility index (Phi) is 4.87. The van der Waals surface area contributed by atoms with E-state index in [9.17, 15) is 0 Å². The molecular weight excluding hydrogens is 234 g/mol. The van der Waals surface area contributed by atoms with Crippen molar-refractivity contribution in [2.75, 3.05) is 0 Å². The molecule has 1 saturated carbocycles. The van der Waals surface area contributed by atoms with Gasteiger partial charge in [0.05, 0.1) is 6.10 Å².